The molecule has 0 heterocycles. The fourth-order valence-corrected chi connectivity index (χ4v) is 3.06. The first kappa shape index (κ1) is 17.5. The molecule has 0 bridgehead atoms. The molecule has 0 radical (unpaired) electrons. The van der Waals surface area contributed by atoms with Gasteiger partial charge < -0.3 is 0 Å². The van der Waals surface area contributed by atoms with Crippen molar-refractivity contribution in [3.8, 4) is 0 Å². The Morgan fingerprint density at radius 3 is 2.05 bits per heavy atom. The molecule has 0 unspecified atom stereocenters. The maximum absolute atomic E-state index is 12.3. The first-order valence-corrected chi connectivity index (χ1v) is 7.33. The van der Waals surface area contributed by atoms with Crippen LogP contribution in [-0.2, 0) is 19.2 Å². The predicted molar refractivity (Wildman–Crippen MR) is 79.8 cm³/mol. The zero-order valence-corrected chi connectivity index (χ0v) is 13.4. The molecule has 21 heavy (non-hydrogen) atoms. The number of carbonyl (C=O) groups excluding carboxylic acids is 4. The minimum absolute atomic E-state index is 0.0862. The van der Waals surface area contributed by atoms with Crippen molar-refractivity contribution in [2.24, 2.45) is 10.8 Å². The molecule has 0 aromatic rings. The van der Waals surface area contributed by atoms with Crippen molar-refractivity contribution in [2.75, 3.05) is 0 Å². The maximum Gasteiger partial charge on any atom is 0.147 e. The van der Waals surface area contributed by atoms with Crippen LogP contribution in [0.15, 0.2) is 12.2 Å². The van der Waals surface area contributed by atoms with Crippen LogP contribution in [0.2, 0.25) is 0 Å². The van der Waals surface area contributed by atoms with Crippen LogP contribution >= 0.6 is 0 Å². The molecule has 0 aliphatic heterocycles. The molecule has 4 heteroatoms. The van der Waals surface area contributed by atoms with Gasteiger partial charge in [-0.25, -0.2) is 0 Å². The summed E-state index contributed by atoms with van der Waals surface area (Å²) in [4.78, 5) is 48.2. The summed E-state index contributed by atoms with van der Waals surface area (Å²) in [6.07, 6.45) is 2.54. The molecule has 0 amide bonds. The molecule has 0 N–H and O–H groups in total. The lowest BCUT2D eigenvalue weighted by Gasteiger charge is -2.37. The number of rotatable bonds is 6. The van der Waals surface area contributed by atoms with Crippen LogP contribution in [0.5, 0.6) is 0 Å². The number of ketones is 4. The maximum atomic E-state index is 12.3. The van der Waals surface area contributed by atoms with Gasteiger partial charge in [0, 0.05) is 6.42 Å². The van der Waals surface area contributed by atoms with E-state index in [4.69, 9.17) is 0 Å². The lowest BCUT2D eigenvalue weighted by Crippen LogP contribution is -2.44. The molecule has 0 saturated heterocycles. The van der Waals surface area contributed by atoms with Crippen molar-refractivity contribution in [2.45, 2.75) is 59.8 Å². The molecule has 1 atom stereocenters. The smallest absolute Gasteiger partial charge is 0.147 e. The van der Waals surface area contributed by atoms with Gasteiger partial charge in [-0.05, 0) is 47.0 Å². The molecule has 1 aliphatic carbocycles. The van der Waals surface area contributed by atoms with Crippen molar-refractivity contribution in [3.63, 3.8) is 0 Å². The second-order valence-corrected chi connectivity index (χ2v) is 6.29. The Kier molecular flexibility index (Phi) is 5.03. The number of allylic oxidation sites excluding steroid dienone is 1. The molecule has 1 rings (SSSR count). The standard InChI is InChI=1S/C17H24O4/c1-11(16(5,12(2)18)13(3)19)10-17(14(4)20)9-7-6-8-15(17)21/h1,6-10H2,2-5H3/t17-/m0/s1. The topological polar surface area (TPSA) is 68.3 Å². The molecule has 0 aromatic carbocycles. The Morgan fingerprint density at radius 2 is 1.67 bits per heavy atom. The van der Waals surface area contributed by atoms with Crippen molar-refractivity contribution in [3.05, 3.63) is 12.2 Å². The number of hydrogen-bond donors (Lipinski definition) is 0. The molecule has 1 saturated carbocycles. The normalized spacial score (nSPS) is 22.8. The Bertz CT molecular complexity index is 501. The molecule has 116 valence electrons. The van der Waals surface area contributed by atoms with Crippen LogP contribution < -0.4 is 0 Å². The summed E-state index contributed by atoms with van der Waals surface area (Å²) in [7, 11) is 0. The summed E-state index contributed by atoms with van der Waals surface area (Å²) < 4.78 is 0. The Balaban J connectivity index is 3.18. The Hall–Kier alpha value is -1.58. The van der Waals surface area contributed by atoms with Gasteiger partial charge in [-0.2, -0.15) is 0 Å². The lowest BCUT2D eigenvalue weighted by atomic mass is 9.62. The van der Waals surface area contributed by atoms with Crippen molar-refractivity contribution in [1.29, 1.82) is 0 Å². The van der Waals surface area contributed by atoms with Crippen molar-refractivity contribution < 1.29 is 19.2 Å². The number of Topliss-reactive ketones (excluding diaryl/α,β-unsaturated/α-hetero) is 4. The molecule has 1 aliphatic rings. The Labute approximate surface area is 126 Å². The minimum Gasteiger partial charge on any atom is -0.299 e. The highest BCUT2D eigenvalue weighted by molar-refractivity contribution is 6.09. The summed E-state index contributed by atoms with van der Waals surface area (Å²) in [5.41, 5.74) is -2.05. The van der Waals surface area contributed by atoms with Crippen LogP contribution in [0.4, 0.5) is 0 Å². The van der Waals surface area contributed by atoms with Gasteiger partial charge in [-0.3, -0.25) is 19.2 Å². The summed E-state index contributed by atoms with van der Waals surface area (Å²) in [6.45, 7) is 9.51. The van der Waals surface area contributed by atoms with Crippen molar-refractivity contribution >= 4 is 23.1 Å². The largest absolute Gasteiger partial charge is 0.299 e. The van der Waals surface area contributed by atoms with Crippen LogP contribution in [-0.4, -0.2) is 23.1 Å². The summed E-state index contributed by atoms with van der Waals surface area (Å²) >= 11 is 0. The first-order chi connectivity index (χ1) is 9.59. The third-order valence-electron chi connectivity index (χ3n) is 5.10. The van der Waals surface area contributed by atoms with E-state index >= 15 is 0 Å². The predicted octanol–water partition coefficient (Wildman–Crippen LogP) is 2.84. The van der Waals surface area contributed by atoms with E-state index in [-0.39, 0.29) is 29.6 Å². The van der Waals surface area contributed by atoms with Gasteiger partial charge in [0.2, 0.25) is 0 Å². The highest BCUT2D eigenvalue weighted by Gasteiger charge is 2.48. The average Bonchev–Trinajstić information content (AvgIpc) is 2.39. The zero-order valence-electron chi connectivity index (χ0n) is 13.4. The highest BCUT2D eigenvalue weighted by Crippen LogP contribution is 2.44. The molecular weight excluding hydrogens is 268 g/mol. The van der Waals surface area contributed by atoms with Crippen LogP contribution in [0.1, 0.15) is 59.8 Å². The van der Waals surface area contributed by atoms with Gasteiger partial charge in [0.15, 0.2) is 0 Å². The third-order valence-corrected chi connectivity index (χ3v) is 5.10. The molecule has 0 aromatic heterocycles. The second kappa shape index (κ2) is 6.04. The van der Waals surface area contributed by atoms with Crippen LogP contribution in [0.3, 0.4) is 0 Å². The Morgan fingerprint density at radius 1 is 1.14 bits per heavy atom. The summed E-state index contributed by atoms with van der Waals surface area (Å²) in [5, 5.41) is 0. The zero-order chi connectivity index (χ0) is 16.4. The molecule has 4 nitrogen and oxygen atoms in total. The SMILES string of the molecule is C=C(C[C@]1(C(C)=O)CCCCC1=O)C(C)(C(C)=O)C(C)=O. The molecular formula is C17H24O4. The van der Waals surface area contributed by atoms with Gasteiger partial charge in [0.1, 0.15) is 28.5 Å². The van der Waals surface area contributed by atoms with E-state index in [0.29, 0.717) is 18.4 Å². The second-order valence-electron chi connectivity index (χ2n) is 6.29. The summed E-state index contributed by atoms with van der Waals surface area (Å²) in [6, 6.07) is 0. The van der Waals surface area contributed by atoms with E-state index in [1.807, 2.05) is 0 Å². The quantitative estimate of drug-likeness (QED) is 0.557. The monoisotopic (exact) mass is 292 g/mol. The summed E-state index contributed by atoms with van der Waals surface area (Å²) in [5.74, 6) is -0.886. The minimum atomic E-state index is -1.32. The number of carbonyl (C=O) groups is 4. The van der Waals surface area contributed by atoms with E-state index in [0.717, 1.165) is 12.8 Å². The van der Waals surface area contributed by atoms with Crippen molar-refractivity contribution in [1.82, 2.24) is 0 Å². The van der Waals surface area contributed by atoms with E-state index in [1.165, 1.54) is 27.7 Å². The van der Waals surface area contributed by atoms with Gasteiger partial charge in [0.05, 0.1) is 5.41 Å². The molecule has 0 spiro atoms. The lowest BCUT2D eigenvalue weighted by molar-refractivity contribution is -0.144. The van der Waals surface area contributed by atoms with E-state index in [1.54, 1.807) is 0 Å². The van der Waals surface area contributed by atoms with Crippen LogP contribution in [0.25, 0.3) is 0 Å². The first-order valence-electron chi connectivity index (χ1n) is 7.33. The van der Waals surface area contributed by atoms with Gasteiger partial charge in [-0.15, -0.1) is 0 Å². The van der Waals surface area contributed by atoms with Gasteiger partial charge >= 0.3 is 0 Å². The average molecular weight is 292 g/mol. The highest BCUT2D eigenvalue weighted by atomic mass is 16.2. The van der Waals surface area contributed by atoms with Crippen LogP contribution in [0, 0.1) is 10.8 Å². The van der Waals surface area contributed by atoms with Gasteiger partial charge in [0.25, 0.3) is 0 Å². The van der Waals surface area contributed by atoms with E-state index in [2.05, 4.69) is 6.58 Å². The van der Waals surface area contributed by atoms with E-state index < -0.39 is 10.8 Å². The van der Waals surface area contributed by atoms with Gasteiger partial charge in [-0.1, -0.05) is 18.6 Å². The third kappa shape index (κ3) is 2.89. The molecule has 1 fully saturated rings. The fraction of sp³-hybridized carbons (Fsp3) is 0.647. The number of hydrogen-bond acceptors (Lipinski definition) is 4. The van der Waals surface area contributed by atoms with E-state index in [9.17, 15) is 19.2 Å². The fourth-order valence-electron chi connectivity index (χ4n) is 3.06.